The summed E-state index contributed by atoms with van der Waals surface area (Å²) >= 11 is 0. The predicted octanol–water partition coefficient (Wildman–Crippen LogP) is 2.50. The van der Waals surface area contributed by atoms with E-state index in [-0.39, 0.29) is 11.9 Å². The molecule has 1 N–H and O–H groups in total. The second kappa shape index (κ2) is 7.38. The summed E-state index contributed by atoms with van der Waals surface area (Å²) in [6, 6.07) is 12.3. The van der Waals surface area contributed by atoms with Gasteiger partial charge < -0.3 is 10.2 Å². The van der Waals surface area contributed by atoms with Crippen LogP contribution in [0.4, 0.5) is 0 Å². The fraction of sp³-hybridized carbons (Fsp3) is 0.368. The van der Waals surface area contributed by atoms with Gasteiger partial charge in [0.25, 0.3) is 0 Å². The van der Waals surface area contributed by atoms with Crippen LogP contribution in [0.5, 0.6) is 0 Å². The Morgan fingerprint density at radius 2 is 2.04 bits per heavy atom. The lowest BCUT2D eigenvalue weighted by molar-refractivity contribution is -0.135. The molecule has 1 aromatic carbocycles. The standard InChI is InChI=1S/C19H23N3O/c1-2-11-22-12-10-21-18(19(22)23)13-15-5-7-16(8-6-15)17-4-3-9-20-14-17/h3-9,14,18,21H,2,10-13H2,1H3/t18-/m0/s1. The van der Waals surface area contributed by atoms with E-state index in [4.69, 9.17) is 0 Å². The summed E-state index contributed by atoms with van der Waals surface area (Å²) in [6.07, 6.45) is 5.40. The van der Waals surface area contributed by atoms with Crippen LogP contribution in [0.25, 0.3) is 11.1 Å². The van der Waals surface area contributed by atoms with Crippen molar-refractivity contribution in [3.8, 4) is 11.1 Å². The Morgan fingerprint density at radius 1 is 1.22 bits per heavy atom. The summed E-state index contributed by atoms with van der Waals surface area (Å²) in [5, 5.41) is 3.35. The van der Waals surface area contributed by atoms with Crippen LogP contribution in [0, 0.1) is 0 Å². The number of hydrogen-bond acceptors (Lipinski definition) is 3. The van der Waals surface area contributed by atoms with E-state index in [2.05, 4.69) is 47.6 Å². The van der Waals surface area contributed by atoms with Gasteiger partial charge in [-0.2, -0.15) is 0 Å². The molecule has 0 spiro atoms. The largest absolute Gasteiger partial charge is 0.340 e. The number of benzene rings is 1. The zero-order valence-corrected chi connectivity index (χ0v) is 13.5. The number of pyridine rings is 1. The first kappa shape index (κ1) is 15.7. The maximum Gasteiger partial charge on any atom is 0.240 e. The van der Waals surface area contributed by atoms with Crippen LogP contribution in [-0.2, 0) is 11.2 Å². The minimum Gasteiger partial charge on any atom is -0.340 e. The molecule has 3 rings (SSSR count). The van der Waals surface area contributed by atoms with Gasteiger partial charge in [0.05, 0.1) is 6.04 Å². The number of rotatable bonds is 5. The number of nitrogens with zero attached hydrogens (tertiary/aromatic N) is 2. The van der Waals surface area contributed by atoms with E-state index in [0.29, 0.717) is 0 Å². The van der Waals surface area contributed by atoms with Crippen molar-refractivity contribution in [2.24, 2.45) is 0 Å². The molecule has 0 unspecified atom stereocenters. The molecule has 1 amide bonds. The van der Waals surface area contributed by atoms with Crippen LogP contribution in [0.2, 0.25) is 0 Å². The summed E-state index contributed by atoms with van der Waals surface area (Å²) < 4.78 is 0. The maximum absolute atomic E-state index is 12.5. The van der Waals surface area contributed by atoms with Gasteiger partial charge in [-0.05, 0) is 35.6 Å². The third-order valence-electron chi connectivity index (χ3n) is 4.26. The molecule has 1 aliphatic heterocycles. The molecule has 4 heteroatoms. The van der Waals surface area contributed by atoms with Crippen LogP contribution < -0.4 is 5.32 Å². The van der Waals surface area contributed by atoms with Crippen LogP contribution in [0.15, 0.2) is 48.8 Å². The SMILES string of the molecule is CCCN1CCN[C@@H](Cc2ccc(-c3cccnc3)cc2)C1=O. The van der Waals surface area contributed by atoms with Crippen LogP contribution >= 0.6 is 0 Å². The van der Waals surface area contributed by atoms with Crippen molar-refractivity contribution in [3.05, 3.63) is 54.4 Å². The molecular formula is C19H23N3O. The van der Waals surface area contributed by atoms with Crippen molar-refractivity contribution in [1.29, 1.82) is 0 Å². The fourth-order valence-electron chi connectivity index (χ4n) is 3.05. The number of carbonyl (C=O) groups is 1. The normalized spacial score (nSPS) is 18.2. The highest BCUT2D eigenvalue weighted by Crippen LogP contribution is 2.19. The van der Waals surface area contributed by atoms with Gasteiger partial charge in [-0.1, -0.05) is 37.3 Å². The van der Waals surface area contributed by atoms with Crippen LogP contribution in [-0.4, -0.2) is 41.5 Å². The second-order valence-electron chi connectivity index (χ2n) is 5.97. The van der Waals surface area contributed by atoms with Crippen molar-refractivity contribution in [3.63, 3.8) is 0 Å². The van der Waals surface area contributed by atoms with Gasteiger partial charge in [0.1, 0.15) is 0 Å². The molecule has 1 fully saturated rings. The number of piperazine rings is 1. The quantitative estimate of drug-likeness (QED) is 0.923. The lowest BCUT2D eigenvalue weighted by Crippen LogP contribution is -2.55. The third kappa shape index (κ3) is 3.77. The fourth-order valence-corrected chi connectivity index (χ4v) is 3.05. The van der Waals surface area contributed by atoms with E-state index in [0.717, 1.165) is 43.6 Å². The highest BCUT2D eigenvalue weighted by molar-refractivity contribution is 5.83. The summed E-state index contributed by atoms with van der Waals surface area (Å²) in [7, 11) is 0. The molecule has 1 atom stereocenters. The minimum absolute atomic E-state index is 0.0976. The topological polar surface area (TPSA) is 45.2 Å². The van der Waals surface area contributed by atoms with Crippen molar-refractivity contribution in [1.82, 2.24) is 15.2 Å². The van der Waals surface area contributed by atoms with Gasteiger partial charge in [-0.25, -0.2) is 0 Å². The van der Waals surface area contributed by atoms with Crippen molar-refractivity contribution >= 4 is 5.91 Å². The van der Waals surface area contributed by atoms with Crippen molar-refractivity contribution in [2.75, 3.05) is 19.6 Å². The van der Waals surface area contributed by atoms with Gasteiger partial charge in [-0.15, -0.1) is 0 Å². The molecule has 0 radical (unpaired) electrons. The van der Waals surface area contributed by atoms with Gasteiger partial charge in [0.15, 0.2) is 0 Å². The van der Waals surface area contributed by atoms with E-state index in [1.807, 2.05) is 17.2 Å². The lowest BCUT2D eigenvalue weighted by atomic mass is 10.00. The first-order chi connectivity index (χ1) is 11.3. The Bertz CT molecular complexity index is 637. The zero-order valence-electron chi connectivity index (χ0n) is 13.5. The highest BCUT2D eigenvalue weighted by Gasteiger charge is 2.27. The molecule has 1 saturated heterocycles. The number of amides is 1. The van der Waals surface area contributed by atoms with E-state index in [1.54, 1.807) is 6.20 Å². The second-order valence-corrected chi connectivity index (χ2v) is 5.97. The Morgan fingerprint density at radius 3 is 2.74 bits per heavy atom. The third-order valence-corrected chi connectivity index (χ3v) is 4.26. The van der Waals surface area contributed by atoms with E-state index in [9.17, 15) is 4.79 Å². The van der Waals surface area contributed by atoms with E-state index < -0.39 is 0 Å². The molecule has 0 bridgehead atoms. The zero-order chi connectivity index (χ0) is 16.1. The molecule has 2 aromatic rings. The Balaban J connectivity index is 1.67. The smallest absolute Gasteiger partial charge is 0.240 e. The Hall–Kier alpha value is -2.20. The summed E-state index contributed by atoms with van der Waals surface area (Å²) in [4.78, 5) is 18.6. The van der Waals surface area contributed by atoms with Crippen LogP contribution in [0.3, 0.4) is 0 Å². The average molecular weight is 309 g/mol. The molecule has 1 aliphatic rings. The average Bonchev–Trinajstić information content (AvgIpc) is 2.60. The van der Waals surface area contributed by atoms with Gasteiger partial charge in [-0.3, -0.25) is 9.78 Å². The monoisotopic (exact) mass is 309 g/mol. The summed E-state index contributed by atoms with van der Waals surface area (Å²) in [5.41, 5.74) is 3.44. The van der Waals surface area contributed by atoms with Gasteiger partial charge in [0.2, 0.25) is 5.91 Å². The lowest BCUT2D eigenvalue weighted by Gasteiger charge is -2.33. The first-order valence-corrected chi connectivity index (χ1v) is 8.29. The maximum atomic E-state index is 12.5. The van der Waals surface area contributed by atoms with Crippen LogP contribution in [0.1, 0.15) is 18.9 Å². The Labute approximate surface area is 137 Å². The predicted molar refractivity (Wildman–Crippen MR) is 92.0 cm³/mol. The minimum atomic E-state index is -0.0976. The van der Waals surface area contributed by atoms with Gasteiger partial charge >= 0.3 is 0 Å². The highest BCUT2D eigenvalue weighted by atomic mass is 16.2. The van der Waals surface area contributed by atoms with E-state index >= 15 is 0 Å². The molecule has 120 valence electrons. The summed E-state index contributed by atoms with van der Waals surface area (Å²) in [6.45, 7) is 4.67. The van der Waals surface area contributed by atoms with Gasteiger partial charge in [0, 0.05) is 32.0 Å². The Kier molecular flexibility index (Phi) is 5.03. The molecule has 2 heterocycles. The van der Waals surface area contributed by atoms with Crippen molar-refractivity contribution < 1.29 is 4.79 Å². The number of nitrogens with one attached hydrogen (secondary N) is 1. The molecule has 0 saturated carbocycles. The number of hydrogen-bond donors (Lipinski definition) is 1. The molecule has 1 aromatic heterocycles. The number of aromatic nitrogens is 1. The summed E-state index contributed by atoms with van der Waals surface area (Å²) in [5.74, 6) is 0.231. The molecule has 23 heavy (non-hydrogen) atoms. The van der Waals surface area contributed by atoms with Crippen molar-refractivity contribution in [2.45, 2.75) is 25.8 Å². The number of carbonyl (C=O) groups excluding carboxylic acids is 1. The molecule has 4 nitrogen and oxygen atoms in total. The molecular weight excluding hydrogens is 286 g/mol. The first-order valence-electron chi connectivity index (χ1n) is 8.29. The molecule has 0 aliphatic carbocycles. The van der Waals surface area contributed by atoms with E-state index in [1.165, 1.54) is 5.56 Å².